The second kappa shape index (κ2) is 7.02. The number of hydrogen-bond donors (Lipinski definition) is 1. The Labute approximate surface area is 163 Å². The minimum absolute atomic E-state index is 0.227. The van der Waals surface area contributed by atoms with E-state index in [0.29, 0.717) is 23.3 Å². The second-order valence-electron chi connectivity index (χ2n) is 7.74. The lowest BCUT2D eigenvalue weighted by molar-refractivity contribution is -0.0240. The van der Waals surface area contributed by atoms with Crippen LogP contribution in [0.1, 0.15) is 12.8 Å². The molecule has 0 unspecified atom stereocenters. The summed E-state index contributed by atoms with van der Waals surface area (Å²) in [5.74, 6) is 3.26. The van der Waals surface area contributed by atoms with Crippen LogP contribution >= 0.6 is 0 Å². The lowest BCUT2D eigenvalue weighted by Gasteiger charge is -2.35. The zero-order valence-corrected chi connectivity index (χ0v) is 15.8. The molecule has 3 aromatic rings. The molecule has 5 rings (SSSR count). The minimum atomic E-state index is -0.483. The molecule has 0 amide bonds. The van der Waals surface area contributed by atoms with Crippen molar-refractivity contribution in [1.29, 1.82) is 0 Å². The number of fused-ring (bicyclic) bond motifs is 2. The normalized spacial score (nSPS) is 27.0. The zero-order valence-electron chi connectivity index (χ0n) is 15.8. The quantitative estimate of drug-likeness (QED) is 0.747. The largest absolute Gasteiger partial charge is 0.493 e. The Balaban J connectivity index is 1.34. The first-order chi connectivity index (χ1) is 13.7. The Morgan fingerprint density at radius 2 is 1.86 bits per heavy atom. The van der Waals surface area contributed by atoms with E-state index >= 15 is 0 Å². The van der Waals surface area contributed by atoms with E-state index in [1.54, 1.807) is 19.6 Å². The standard InChI is InChI=1S/C22H24N2O4/c1-26-19-4-2-3-5-20(19)28-21-11-15-13-24(12-14(15)10-17(21)25)22-16-7-9-27-18(16)6-8-23-22/h2-9,14-15,17,21,25H,10-13H2,1H3/t14-,15+,17+,21+/m0/s1. The Kier molecular flexibility index (Phi) is 4.36. The van der Waals surface area contributed by atoms with E-state index in [-0.39, 0.29) is 6.10 Å². The Morgan fingerprint density at radius 1 is 1.07 bits per heavy atom. The topological polar surface area (TPSA) is 68.0 Å². The van der Waals surface area contributed by atoms with E-state index in [1.165, 1.54) is 0 Å². The first-order valence-corrected chi connectivity index (χ1v) is 9.78. The van der Waals surface area contributed by atoms with Crippen LogP contribution in [0.3, 0.4) is 0 Å². The molecule has 0 spiro atoms. The number of aromatic nitrogens is 1. The lowest BCUT2D eigenvalue weighted by atomic mass is 9.78. The maximum Gasteiger partial charge on any atom is 0.161 e. The molecule has 4 atom stereocenters. The first-order valence-electron chi connectivity index (χ1n) is 9.78. The van der Waals surface area contributed by atoms with Gasteiger partial charge >= 0.3 is 0 Å². The highest BCUT2D eigenvalue weighted by atomic mass is 16.5. The van der Waals surface area contributed by atoms with Crippen LogP contribution in [0.4, 0.5) is 5.82 Å². The van der Waals surface area contributed by atoms with Crippen LogP contribution in [0.2, 0.25) is 0 Å². The van der Waals surface area contributed by atoms with Gasteiger partial charge in [-0.1, -0.05) is 12.1 Å². The van der Waals surface area contributed by atoms with E-state index in [1.807, 2.05) is 36.4 Å². The summed E-state index contributed by atoms with van der Waals surface area (Å²) in [6, 6.07) is 11.5. The number of ether oxygens (including phenoxy) is 2. The van der Waals surface area contributed by atoms with E-state index in [4.69, 9.17) is 13.9 Å². The fourth-order valence-corrected chi connectivity index (χ4v) is 4.70. The van der Waals surface area contributed by atoms with E-state index in [2.05, 4.69) is 9.88 Å². The highest BCUT2D eigenvalue weighted by Crippen LogP contribution is 2.41. The second-order valence-corrected chi connectivity index (χ2v) is 7.74. The molecule has 1 saturated carbocycles. The van der Waals surface area contributed by atoms with E-state index in [9.17, 15) is 5.11 Å². The van der Waals surface area contributed by atoms with Crippen molar-refractivity contribution in [2.75, 3.05) is 25.1 Å². The summed E-state index contributed by atoms with van der Waals surface area (Å²) in [5, 5.41) is 11.8. The van der Waals surface area contributed by atoms with Gasteiger partial charge in [0.25, 0.3) is 0 Å². The van der Waals surface area contributed by atoms with Crippen molar-refractivity contribution in [3.05, 3.63) is 48.9 Å². The molecule has 146 valence electrons. The van der Waals surface area contributed by atoms with E-state index < -0.39 is 6.10 Å². The smallest absolute Gasteiger partial charge is 0.161 e. The molecule has 6 heteroatoms. The van der Waals surface area contributed by atoms with Crippen LogP contribution in [0.15, 0.2) is 53.3 Å². The number of aliphatic hydroxyl groups excluding tert-OH is 1. The van der Waals surface area contributed by atoms with Crippen molar-refractivity contribution in [2.45, 2.75) is 25.0 Å². The number of benzene rings is 1. The third kappa shape index (κ3) is 2.98. The van der Waals surface area contributed by atoms with Gasteiger partial charge in [-0.15, -0.1) is 0 Å². The van der Waals surface area contributed by atoms with Crippen LogP contribution in [-0.2, 0) is 0 Å². The predicted octanol–water partition coefficient (Wildman–Crippen LogP) is 3.49. The molecule has 28 heavy (non-hydrogen) atoms. The fourth-order valence-electron chi connectivity index (χ4n) is 4.70. The number of methoxy groups -OCH3 is 1. The van der Waals surface area contributed by atoms with Crippen LogP contribution in [0.25, 0.3) is 11.0 Å². The molecule has 1 N–H and O–H groups in total. The summed E-state index contributed by atoms with van der Waals surface area (Å²) < 4.78 is 17.1. The fraction of sp³-hybridized carbons (Fsp3) is 0.409. The van der Waals surface area contributed by atoms with Crippen LogP contribution in [0.5, 0.6) is 11.5 Å². The number of nitrogens with zero attached hydrogens (tertiary/aromatic N) is 2. The summed E-state index contributed by atoms with van der Waals surface area (Å²) >= 11 is 0. The molecule has 2 aromatic heterocycles. The molecule has 0 bridgehead atoms. The third-order valence-electron chi connectivity index (χ3n) is 6.09. The number of furan rings is 1. The summed E-state index contributed by atoms with van der Waals surface area (Å²) in [6.07, 6.45) is 4.36. The molecule has 1 saturated heterocycles. The molecule has 1 aliphatic carbocycles. The van der Waals surface area contributed by atoms with Gasteiger partial charge < -0.3 is 23.9 Å². The SMILES string of the molecule is COc1ccccc1O[C@@H]1C[C@@H]2CN(c3nccc4occc34)C[C@@H]2C[C@H]1O. The van der Waals surface area contributed by atoms with Crippen LogP contribution < -0.4 is 14.4 Å². The molecule has 3 heterocycles. The number of hydrogen-bond acceptors (Lipinski definition) is 6. The van der Waals surface area contributed by atoms with Gasteiger partial charge in [-0.25, -0.2) is 4.98 Å². The third-order valence-corrected chi connectivity index (χ3v) is 6.09. The van der Waals surface area contributed by atoms with Gasteiger partial charge in [-0.2, -0.15) is 0 Å². The van der Waals surface area contributed by atoms with Gasteiger partial charge in [-0.05, 0) is 48.9 Å². The van der Waals surface area contributed by atoms with Crippen molar-refractivity contribution >= 4 is 16.8 Å². The Morgan fingerprint density at radius 3 is 2.68 bits per heavy atom. The van der Waals surface area contributed by atoms with Gasteiger partial charge in [0, 0.05) is 19.3 Å². The molecule has 2 fully saturated rings. The summed E-state index contributed by atoms with van der Waals surface area (Å²) in [6.45, 7) is 1.82. The monoisotopic (exact) mass is 380 g/mol. The van der Waals surface area contributed by atoms with Crippen molar-refractivity contribution in [3.63, 3.8) is 0 Å². The average Bonchev–Trinajstić information content (AvgIpc) is 3.35. The van der Waals surface area contributed by atoms with Crippen molar-refractivity contribution in [2.24, 2.45) is 11.8 Å². The molecular formula is C22H24N2O4. The van der Waals surface area contributed by atoms with Crippen molar-refractivity contribution in [3.8, 4) is 11.5 Å². The van der Waals surface area contributed by atoms with E-state index in [0.717, 1.165) is 42.7 Å². The van der Waals surface area contributed by atoms with Gasteiger partial charge in [0.15, 0.2) is 11.5 Å². The summed E-state index contributed by atoms with van der Waals surface area (Å²) in [5.41, 5.74) is 0.859. The zero-order chi connectivity index (χ0) is 19.1. The Hall–Kier alpha value is -2.73. The highest BCUT2D eigenvalue weighted by Gasteiger charge is 2.43. The first kappa shape index (κ1) is 17.4. The van der Waals surface area contributed by atoms with Crippen molar-refractivity contribution < 1.29 is 19.0 Å². The molecule has 0 radical (unpaired) electrons. The van der Waals surface area contributed by atoms with Crippen molar-refractivity contribution in [1.82, 2.24) is 4.98 Å². The number of anilines is 1. The number of aliphatic hydroxyl groups is 1. The molecule has 2 aliphatic rings. The highest BCUT2D eigenvalue weighted by molar-refractivity contribution is 5.88. The maximum absolute atomic E-state index is 10.7. The summed E-state index contributed by atoms with van der Waals surface area (Å²) in [7, 11) is 1.63. The molecular weight excluding hydrogens is 356 g/mol. The molecule has 1 aromatic carbocycles. The van der Waals surface area contributed by atoms with Gasteiger partial charge in [0.05, 0.1) is 24.9 Å². The van der Waals surface area contributed by atoms with Gasteiger partial charge in [0.1, 0.15) is 17.5 Å². The average molecular weight is 380 g/mol. The van der Waals surface area contributed by atoms with Gasteiger partial charge in [0.2, 0.25) is 0 Å². The maximum atomic E-state index is 10.7. The van der Waals surface area contributed by atoms with Crippen LogP contribution in [0, 0.1) is 11.8 Å². The Bertz CT molecular complexity index is 972. The number of rotatable bonds is 4. The predicted molar refractivity (Wildman–Crippen MR) is 106 cm³/mol. The lowest BCUT2D eigenvalue weighted by Crippen LogP contribution is -2.42. The minimum Gasteiger partial charge on any atom is -0.493 e. The summed E-state index contributed by atoms with van der Waals surface area (Å²) in [4.78, 5) is 6.93. The number of para-hydroxylation sites is 2. The van der Waals surface area contributed by atoms with Crippen LogP contribution in [-0.4, -0.2) is 42.5 Å². The molecule has 6 nitrogen and oxygen atoms in total. The van der Waals surface area contributed by atoms with Gasteiger partial charge in [-0.3, -0.25) is 0 Å². The molecule has 1 aliphatic heterocycles. The number of pyridine rings is 1.